The second kappa shape index (κ2) is 8.65. The highest BCUT2D eigenvalue weighted by Crippen LogP contribution is 2.28. The molecule has 1 heterocycles. The van der Waals surface area contributed by atoms with E-state index in [1.165, 1.54) is 22.5 Å². The maximum Gasteiger partial charge on any atom is 0.243 e. The van der Waals surface area contributed by atoms with E-state index in [0.717, 1.165) is 16.7 Å². The van der Waals surface area contributed by atoms with Crippen molar-refractivity contribution in [2.75, 3.05) is 11.3 Å². The molecule has 0 fully saturated rings. The van der Waals surface area contributed by atoms with Crippen LogP contribution < -0.4 is 4.72 Å². The number of hydrogen-bond donors (Lipinski definition) is 1. The van der Waals surface area contributed by atoms with Gasteiger partial charge in [-0.15, -0.1) is 0 Å². The molecule has 9 heteroatoms. The monoisotopic (exact) mass is 474 g/mol. The Balaban J connectivity index is 1.54. The van der Waals surface area contributed by atoms with Gasteiger partial charge in [0.25, 0.3) is 0 Å². The Bertz CT molecular complexity index is 1350. The average Bonchev–Trinajstić information content (AvgIpc) is 2.75. The summed E-state index contributed by atoms with van der Waals surface area (Å²) in [5, 5.41) is 0. The molecule has 0 aliphatic carbocycles. The lowest BCUT2D eigenvalue weighted by Gasteiger charge is -2.28. The molecule has 3 aromatic rings. The topological polar surface area (TPSA) is 83.6 Å². The molecule has 0 unspecified atom stereocenters. The molecule has 0 saturated carbocycles. The highest BCUT2D eigenvalue weighted by atomic mass is 32.2. The fourth-order valence-electron chi connectivity index (χ4n) is 3.69. The van der Waals surface area contributed by atoms with Gasteiger partial charge in [-0.05, 0) is 54.8 Å². The van der Waals surface area contributed by atoms with Crippen molar-refractivity contribution in [3.8, 4) is 0 Å². The molecule has 3 aromatic carbocycles. The van der Waals surface area contributed by atoms with Crippen molar-refractivity contribution >= 4 is 25.7 Å². The SMILES string of the molecule is Cc1ccc(S(=O)(=O)N2CCc3ccc(NS(=O)(=O)Cc4ccccc4F)cc3C2)cc1. The van der Waals surface area contributed by atoms with Gasteiger partial charge in [0, 0.05) is 24.3 Å². The van der Waals surface area contributed by atoms with Gasteiger partial charge in [0.2, 0.25) is 20.0 Å². The summed E-state index contributed by atoms with van der Waals surface area (Å²) in [7, 11) is -7.51. The van der Waals surface area contributed by atoms with Crippen LogP contribution in [-0.2, 0) is 38.8 Å². The van der Waals surface area contributed by atoms with Crippen LogP contribution in [0.4, 0.5) is 10.1 Å². The number of halogens is 1. The van der Waals surface area contributed by atoms with Gasteiger partial charge in [-0.3, -0.25) is 4.72 Å². The van der Waals surface area contributed by atoms with Crippen molar-refractivity contribution in [3.63, 3.8) is 0 Å². The minimum absolute atomic E-state index is 0.0772. The zero-order valence-corrected chi connectivity index (χ0v) is 19.1. The molecule has 0 saturated heterocycles. The Kier molecular flexibility index (Phi) is 6.07. The van der Waals surface area contributed by atoms with Crippen molar-refractivity contribution in [2.24, 2.45) is 0 Å². The summed E-state index contributed by atoms with van der Waals surface area (Å²) in [4.78, 5) is 0.230. The fraction of sp³-hybridized carbons (Fsp3) is 0.217. The molecule has 168 valence electrons. The predicted octanol–water partition coefficient (Wildman–Crippen LogP) is 3.82. The molecule has 32 heavy (non-hydrogen) atoms. The molecule has 0 amide bonds. The van der Waals surface area contributed by atoms with E-state index < -0.39 is 31.6 Å². The zero-order valence-electron chi connectivity index (χ0n) is 17.5. The summed E-state index contributed by atoms with van der Waals surface area (Å²) in [6.07, 6.45) is 0.530. The molecule has 0 atom stereocenters. The van der Waals surface area contributed by atoms with Gasteiger partial charge in [0.05, 0.1) is 10.6 Å². The van der Waals surface area contributed by atoms with E-state index in [1.807, 2.05) is 6.92 Å². The van der Waals surface area contributed by atoms with Gasteiger partial charge in [0.15, 0.2) is 0 Å². The second-order valence-electron chi connectivity index (χ2n) is 7.84. The van der Waals surface area contributed by atoms with Crippen LogP contribution in [0.15, 0.2) is 71.6 Å². The molecule has 0 radical (unpaired) electrons. The third kappa shape index (κ3) is 4.85. The summed E-state index contributed by atoms with van der Waals surface area (Å²) in [6.45, 7) is 2.39. The number of benzene rings is 3. The first kappa shape index (κ1) is 22.4. The Morgan fingerprint density at radius 2 is 1.66 bits per heavy atom. The van der Waals surface area contributed by atoms with Crippen LogP contribution in [0.5, 0.6) is 0 Å². The summed E-state index contributed by atoms with van der Waals surface area (Å²) in [6, 6.07) is 17.5. The van der Waals surface area contributed by atoms with E-state index in [1.54, 1.807) is 48.5 Å². The van der Waals surface area contributed by atoms with Crippen LogP contribution in [0, 0.1) is 12.7 Å². The lowest BCUT2D eigenvalue weighted by molar-refractivity contribution is 0.391. The highest BCUT2D eigenvalue weighted by molar-refractivity contribution is 7.91. The summed E-state index contributed by atoms with van der Waals surface area (Å²) in [5.41, 5.74) is 3.07. The Labute approximate surface area is 187 Å². The average molecular weight is 475 g/mol. The van der Waals surface area contributed by atoms with E-state index in [9.17, 15) is 21.2 Å². The first-order chi connectivity index (χ1) is 15.1. The maximum absolute atomic E-state index is 13.8. The minimum Gasteiger partial charge on any atom is -0.283 e. The van der Waals surface area contributed by atoms with Crippen LogP contribution in [0.25, 0.3) is 0 Å². The largest absolute Gasteiger partial charge is 0.283 e. The summed E-state index contributed by atoms with van der Waals surface area (Å²) in [5.74, 6) is -1.08. The predicted molar refractivity (Wildman–Crippen MR) is 122 cm³/mol. The Hall–Kier alpha value is -2.75. The fourth-order valence-corrected chi connectivity index (χ4v) is 6.32. The molecule has 0 aromatic heterocycles. The molecular weight excluding hydrogens is 451 g/mol. The lowest BCUT2D eigenvalue weighted by atomic mass is 10.0. The lowest BCUT2D eigenvalue weighted by Crippen LogP contribution is -2.36. The number of fused-ring (bicyclic) bond motifs is 1. The van der Waals surface area contributed by atoms with Crippen molar-refractivity contribution < 1.29 is 21.2 Å². The number of rotatable bonds is 6. The smallest absolute Gasteiger partial charge is 0.243 e. The molecule has 1 N–H and O–H groups in total. The minimum atomic E-state index is -3.85. The third-order valence-electron chi connectivity index (χ3n) is 5.42. The summed E-state index contributed by atoms with van der Waals surface area (Å²) < 4.78 is 68.9. The Morgan fingerprint density at radius 1 is 0.938 bits per heavy atom. The number of nitrogens with one attached hydrogen (secondary N) is 1. The number of hydrogen-bond acceptors (Lipinski definition) is 4. The first-order valence-corrected chi connectivity index (χ1v) is 13.2. The van der Waals surface area contributed by atoms with Gasteiger partial charge in [-0.2, -0.15) is 4.31 Å². The van der Waals surface area contributed by atoms with Gasteiger partial charge in [0.1, 0.15) is 5.82 Å². The van der Waals surface area contributed by atoms with Gasteiger partial charge >= 0.3 is 0 Å². The van der Waals surface area contributed by atoms with E-state index >= 15 is 0 Å². The quantitative estimate of drug-likeness (QED) is 0.589. The summed E-state index contributed by atoms with van der Waals surface area (Å²) >= 11 is 0. The van der Waals surface area contributed by atoms with Gasteiger partial charge in [-0.1, -0.05) is 42.0 Å². The van der Waals surface area contributed by atoms with Gasteiger partial charge in [-0.25, -0.2) is 21.2 Å². The number of aryl methyl sites for hydroxylation is 1. The maximum atomic E-state index is 13.8. The molecular formula is C23H23FN2O4S2. The molecule has 0 bridgehead atoms. The van der Waals surface area contributed by atoms with Crippen LogP contribution in [0.2, 0.25) is 0 Å². The first-order valence-electron chi connectivity index (χ1n) is 10.1. The van der Waals surface area contributed by atoms with Crippen molar-refractivity contribution in [1.29, 1.82) is 0 Å². The number of sulfonamides is 2. The molecule has 1 aliphatic rings. The normalized spacial score (nSPS) is 14.7. The molecule has 1 aliphatic heterocycles. The molecule has 0 spiro atoms. The standard InChI is InChI=1S/C23H23FN2O4S2/c1-17-6-10-22(11-7-17)32(29,30)26-13-12-18-8-9-21(14-20(18)15-26)25-31(27,28)16-19-4-2-3-5-23(19)24/h2-11,14,25H,12-13,15-16H2,1H3. The van der Waals surface area contributed by atoms with E-state index in [0.29, 0.717) is 18.7 Å². The van der Waals surface area contributed by atoms with Crippen LogP contribution in [0.1, 0.15) is 22.3 Å². The van der Waals surface area contributed by atoms with Gasteiger partial charge < -0.3 is 0 Å². The van der Waals surface area contributed by atoms with E-state index in [4.69, 9.17) is 0 Å². The van der Waals surface area contributed by atoms with Crippen molar-refractivity contribution in [2.45, 2.75) is 30.5 Å². The Morgan fingerprint density at radius 3 is 2.38 bits per heavy atom. The van der Waals surface area contributed by atoms with Crippen molar-refractivity contribution in [3.05, 3.63) is 94.8 Å². The van der Waals surface area contributed by atoms with Crippen molar-refractivity contribution in [1.82, 2.24) is 4.31 Å². The molecule has 6 nitrogen and oxygen atoms in total. The highest BCUT2D eigenvalue weighted by Gasteiger charge is 2.28. The number of anilines is 1. The number of nitrogens with zero attached hydrogens (tertiary/aromatic N) is 1. The second-order valence-corrected chi connectivity index (χ2v) is 11.5. The van der Waals surface area contributed by atoms with Crippen LogP contribution in [-0.4, -0.2) is 27.7 Å². The van der Waals surface area contributed by atoms with Crippen LogP contribution >= 0.6 is 0 Å². The van der Waals surface area contributed by atoms with Crippen LogP contribution in [0.3, 0.4) is 0 Å². The van der Waals surface area contributed by atoms with E-state index in [2.05, 4.69) is 4.72 Å². The van der Waals surface area contributed by atoms with E-state index in [-0.39, 0.29) is 17.0 Å². The zero-order chi connectivity index (χ0) is 22.9. The third-order valence-corrected chi connectivity index (χ3v) is 8.52. The molecule has 4 rings (SSSR count).